The van der Waals surface area contributed by atoms with Gasteiger partial charge in [-0.2, -0.15) is 0 Å². The molecule has 0 aromatic heterocycles. The molecule has 0 aliphatic heterocycles. The fraction of sp³-hybridized carbons (Fsp3) is 0.882. The van der Waals surface area contributed by atoms with Crippen LogP contribution in [0, 0.1) is 23.7 Å². The molecule has 104 valence electrons. The van der Waals surface area contributed by atoms with Crippen LogP contribution in [0.2, 0.25) is 0 Å². The van der Waals surface area contributed by atoms with Crippen molar-refractivity contribution in [3.63, 3.8) is 0 Å². The van der Waals surface area contributed by atoms with Crippen LogP contribution in [0.15, 0.2) is 0 Å². The Balaban J connectivity index is 2.41. The van der Waals surface area contributed by atoms with Crippen LogP contribution in [0.25, 0.3) is 0 Å². The molecule has 1 heteroatoms. The van der Waals surface area contributed by atoms with Gasteiger partial charge >= 0.3 is 0 Å². The first kappa shape index (κ1) is 15.6. The number of hydrogen-bond acceptors (Lipinski definition) is 1. The Bertz CT molecular complexity index is 251. The van der Waals surface area contributed by atoms with Crippen molar-refractivity contribution >= 4 is 0 Å². The highest BCUT2D eigenvalue weighted by atomic mass is 14.9. The molecule has 0 heterocycles. The molecule has 0 aromatic carbocycles. The van der Waals surface area contributed by atoms with E-state index in [2.05, 4.69) is 32.0 Å². The van der Waals surface area contributed by atoms with Crippen molar-refractivity contribution in [1.82, 2.24) is 5.32 Å². The highest BCUT2D eigenvalue weighted by Gasteiger charge is 2.30. The molecule has 0 amide bonds. The van der Waals surface area contributed by atoms with Crippen molar-refractivity contribution in [2.45, 2.75) is 78.2 Å². The van der Waals surface area contributed by atoms with Crippen molar-refractivity contribution in [2.24, 2.45) is 11.3 Å². The molecule has 1 N–H and O–H groups in total. The smallest absolute Gasteiger partial charge is 0.00956 e. The molecule has 1 atom stereocenters. The number of rotatable bonds is 7. The van der Waals surface area contributed by atoms with Crippen LogP contribution in [0.3, 0.4) is 0 Å². The van der Waals surface area contributed by atoms with Crippen LogP contribution in [0.5, 0.6) is 0 Å². The maximum Gasteiger partial charge on any atom is 0.00956 e. The summed E-state index contributed by atoms with van der Waals surface area (Å²) in [5, 5.41) is 3.76. The Morgan fingerprint density at radius 3 is 2.56 bits per heavy atom. The van der Waals surface area contributed by atoms with Gasteiger partial charge in [0.2, 0.25) is 0 Å². The van der Waals surface area contributed by atoms with E-state index < -0.39 is 0 Å². The molecule has 0 aromatic rings. The largest absolute Gasteiger partial charge is 0.314 e. The molecule has 1 unspecified atom stereocenters. The van der Waals surface area contributed by atoms with Gasteiger partial charge in [-0.1, -0.05) is 20.8 Å². The molecular weight excluding hydrogens is 218 g/mol. The van der Waals surface area contributed by atoms with Gasteiger partial charge in [-0.3, -0.25) is 0 Å². The zero-order valence-corrected chi connectivity index (χ0v) is 12.6. The zero-order chi connectivity index (χ0) is 13.4. The average Bonchev–Trinajstić information content (AvgIpc) is 2.34. The molecule has 0 radical (unpaired) electrons. The van der Waals surface area contributed by atoms with Crippen molar-refractivity contribution in [2.75, 3.05) is 6.54 Å². The molecule has 0 spiro atoms. The second kappa shape index (κ2) is 7.85. The third kappa shape index (κ3) is 5.44. The molecule has 1 aliphatic carbocycles. The van der Waals surface area contributed by atoms with Crippen LogP contribution in [0.1, 0.15) is 72.1 Å². The monoisotopic (exact) mass is 249 g/mol. The summed E-state index contributed by atoms with van der Waals surface area (Å²) in [7, 11) is 0. The number of terminal acetylenes is 1. The summed E-state index contributed by atoms with van der Waals surface area (Å²) < 4.78 is 0. The molecule has 1 aliphatic rings. The summed E-state index contributed by atoms with van der Waals surface area (Å²) in [6.45, 7) is 8.22. The molecule has 1 rings (SSSR count). The quantitative estimate of drug-likeness (QED) is 0.522. The summed E-state index contributed by atoms with van der Waals surface area (Å²) in [6.07, 6.45) is 15.5. The summed E-state index contributed by atoms with van der Waals surface area (Å²) in [5.74, 6) is 3.64. The second-order valence-corrected chi connectivity index (χ2v) is 6.66. The van der Waals surface area contributed by atoms with Gasteiger partial charge in [-0.05, 0) is 62.8 Å². The molecule has 18 heavy (non-hydrogen) atoms. The van der Waals surface area contributed by atoms with Crippen LogP contribution in [-0.4, -0.2) is 12.6 Å². The van der Waals surface area contributed by atoms with Crippen LogP contribution >= 0.6 is 0 Å². The lowest BCUT2D eigenvalue weighted by atomic mass is 9.70. The highest BCUT2D eigenvalue weighted by molar-refractivity contribution is 4.88. The van der Waals surface area contributed by atoms with Gasteiger partial charge in [0.15, 0.2) is 0 Å². The lowest BCUT2D eigenvalue weighted by Gasteiger charge is -2.38. The van der Waals surface area contributed by atoms with Gasteiger partial charge < -0.3 is 5.32 Å². The van der Waals surface area contributed by atoms with Gasteiger partial charge in [0.05, 0.1) is 0 Å². The van der Waals surface area contributed by atoms with E-state index in [1.807, 2.05) is 0 Å². The van der Waals surface area contributed by atoms with Crippen LogP contribution in [-0.2, 0) is 0 Å². The zero-order valence-electron chi connectivity index (χ0n) is 12.6. The minimum atomic E-state index is 0.574. The molecule has 1 nitrogen and oxygen atoms in total. The minimum absolute atomic E-state index is 0.574. The van der Waals surface area contributed by atoms with Gasteiger partial charge in [-0.25, -0.2) is 0 Å². The maximum atomic E-state index is 5.36. The Morgan fingerprint density at radius 1 is 1.33 bits per heavy atom. The van der Waals surface area contributed by atoms with E-state index >= 15 is 0 Å². The van der Waals surface area contributed by atoms with Crippen LogP contribution < -0.4 is 5.32 Å². The van der Waals surface area contributed by atoms with Crippen molar-refractivity contribution in [3.05, 3.63) is 0 Å². The second-order valence-electron chi connectivity index (χ2n) is 6.66. The minimum Gasteiger partial charge on any atom is -0.314 e. The van der Waals surface area contributed by atoms with Gasteiger partial charge in [-0.15, -0.1) is 12.3 Å². The van der Waals surface area contributed by atoms with Crippen molar-refractivity contribution < 1.29 is 0 Å². The van der Waals surface area contributed by atoms with E-state index in [4.69, 9.17) is 6.42 Å². The maximum absolute atomic E-state index is 5.36. The van der Waals surface area contributed by atoms with E-state index in [-0.39, 0.29) is 0 Å². The first-order valence-electron chi connectivity index (χ1n) is 7.76. The first-order valence-corrected chi connectivity index (χ1v) is 7.76. The summed E-state index contributed by atoms with van der Waals surface area (Å²) >= 11 is 0. The fourth-order valence-corrected chi connectivity index (χ4v) is 3.08. The van der Waals surface area contributed by atoms with Gasteiger partial charge in [0, 0.05) is 12.5 Å². The van der Waals surface area contributed by atoms with Crippen LogP contribution in [0.4, 0.5) is 0 Å². The number of unbranched alkanes of at least 4 members (excludes halogenated alkanes) is 1. The molecule has 1 fully saturated rings. The Kier molecular flexibility index (Phi) is 6.79. The summed E-state index contributed by atoms with van der Waals surface area (Å²) in [5.41, 5.74) is 0.574. The van der Waals surface area contributed by atoms with Crippen molar-refractivity contribution in [3.8, 4) is 12.3 Å². The van der Waals surface area contributed by atoms with E-state index in [9.17, 15) is 0 Å². The van der Waals surface area contributed by atoms with E-state index in [1.54, 1.807) is 0 Å². The predicted octanol–water partition coefficient (Wildman–Crippen LogP) is 4.37. The summed E-state index contributed by atoms with van der Waals surface area (Å²) in [6, 6.07) is 0.703. The fourth-order valence-electron chi connectivity index (χ4n) is 3.08. The SMILES string of the molecule is C#CCCCC(NCCC)C1CCC(C)(C)CC1. The Hall–Kier alpha value is -0.480. The third-order valence-corrected chi connectivity index (χ3v) is 4.45. The lowest BCUT2D eigenvalue weighted by molar-refractivity contribution is 0.156. The van der Waals surface area contributed by atoms with E-state index in [0.717, 1.165) is 18.9 Å². The number of nitrogens with one attached hydrogen (secondary N) is 1. The summed E-state index contributed by atoms with van der Waals surface area (Å²) in [4.78, 5) is 0. The lowest BCUT2D eigenvalue weighted by Crippen LogP contribution is -2.39. The third-order valence-electron chi connectivity index (χ3n) is 4.45. The van der Waals surface area contributed by atoms with E-state index in [1.165, 1.54) is 44.9 Å². The predicted molar refractivity (Wildman–Crippen MR) is 80.5 cm³/mol. The van der Waals surface area contributed by atoms with Gasteiger partial charge in [0.1, 0.15) is 0 Å². The average molecular weight is 249 g/mol. The molecule has 1 saturated carbocycles. The Labute approximate surface area is 114 Å². The normalized spacial score (nSPS) is 21.4. The van der Waals surface area contributed by atoms with E-state index in [0.29, 0.717) is 11.5 Å². The molecule has 0 saturated heterocycles. The standard InChI is InChI=1S/C17H31N/c1-5-7-8-9-16(18-14-6-2)15-10-12-17(3,4)13-11-15/h1,15-16,18H,6-14H2,2-4H3. The topological polar surface area (TPSA) is 12.0 Å². The van der Waals surface area contributed by atoms with Crippen molar-refractivity contribution in [1.29, 1.82) is 0 Å². The number of hydrogen-bond donors (Lipinski definition) is 1. The highest BCUT2D eigenvalue weighted by Crippen LogP contribution is 2.39. The van der Waals surface area contributed by atoms with Gasteiger partial charge in [0.25, 0.3) is 0 Å². The Morgan fingerprint density at radius 2 is 2.00 bits per heavy atom. The first-order chi connectivity index (χ1) is 8.59. The molecule has 0 bridgehead atoms. The molecular formula is C17H31N.